The van der Waals surface area contributed by atoms with Gasteiger partial charge in [0.25, 0.3) is 5.56 Å². The summed E-state index contributed by atoms with van der Waals surface area (Å²) in [6, 6.07) is 1.70. The van der Waals surface area contributed by atoms with Gasteiger partial charge in [-0.15, -0.1) is 0 Å². The molecule has 0 amide bonds. The summed E-state index contributed by atoms with van der Waals surface area (Å²) in [4.78, 5) is 27.9. The fraction of sp³-hybridized carbons (Fsp3) is 0.364. The summed E-state index contributed by atoms with van der Waals surface area (Å²) in [6.07, 6.45) is 3.10. The maximum Gasteiger partial charge on any atom is 0.331 e. The van der Waals surface area contributed by atoms with Gasteiger partial charge in [-0.1, -0.05) is 0 Å². The van der Waals surface area contributed by atoms with E-state index < -0.39 is 0 Å². The van der Waals surface area contributed by atoms with Crippen LogP contribution in [0, 0.1) is 0 Å². The van der Waals surface area contributed by atoms with Crippen LogP contribution < -0.4 is 11.2 Å². The normalized spacial score (nSPS) is 10.9. The predicted molar refractivity (Wildman–Crippen MR) is 61.6 cm³/mol. The molecule has 0 atom stereocenters. The van der Waals surface area contributed by atoms with Crippen LogP contribution in [0.3, 0.4) is 0 Å². The van der Waals surface area contributed by atoms with Crippen molar-refractivity contribution < 1.29 is 0 Å². The van der Waals surface area contributed by atoms with Gasteiger partial charge in [0.05, 0.1) is 10.9 Å². The summed E-state index contributed by atoms with van der Waals surface area (Å²) in [5.74, 6) is 0. The Balaban J connectivity index is 3.07. The molecule has 2 aromatic heterocycles. The molecule has 0 saturated heterocycles. The van der Waals surface area contributed by atoms with Crippen molar-refractivity contribution in [3.63, 3.8) is 0 Å². The molecule has 16 heavy (non-hydrogen) atoms. The second-order valence-electron chi connectivity index (χ2n) is 3.47. The van der Waals surface area contributed by atoms with E-state index in [9.17, 15) is 9.59 Å². The predicted octanol–water partition coefficient (Wildman–Crippen LogP) is 0.598. The van der Waals surface area contributed by atoms with Crippen LogP contribution in [0.25, 0.3) is 10.9 Å². The van der Waals surface area contributed by atoms with Crippen LogP contribution in [0.15, 0.2) is 28.0 Å². The van der Waals surface area contributed by atoms with Crippen LogP contribution in [0.5, 0.6) is 0 Å². The van der Waals surface area contributed by atoms with Crippen LogP contribution in [0.2, 0.25) is 0 Å². The average Bonchev–Trinajstić information content (AvgIpc) is 2.30. The summed E-state index contributed by atoms with van der Waals surface area (Å²) < 4.78 is 2.81. The standard InChI is InChI=1S/C11H13N3O2/c1-3-13-9-5-6-12-7-8(9)10(15)14(4-2)11(13)16/h5-7H,3-4H2,1-2H3. The van der Waals surface area contributed by atoms with Crippen molar-refractivity contribution in [3.05, 3.63) is 39.3 Å². The molecule has 0 N–H and O–H groups in total. The monoisotopic (exact) mass is 219 g/mol. The molecule has 0 saturated carbocycles. The molecule has 84 valence electrons. The van der Waals surface area contributed by atoms with Crippen molar-refractivity contribution in [1.29, 1.82) is 0 Å². The maximum absolute atomic E-state index is 12.0. The zero-order valence-corrected chi connectivity index (χ0v) is 9.30. The Kier molecular flexibility index (Phi) is 2.60. The molecule has 2 aromatic rings. The van der Waals surface area contributed by atoms with E-state index in [1.54, 1.807) is 23.8 Å². The SMILES string of the molecule is CCn1c(=O)c2cnccc2n(CC)c1=O. The number of hydrogen-bond donors (Lipinski definition) is 0. The fourth-order valence-electron chi connectivity index (χ4n) is 1.85. The summed E-state index contributed by atoms with van der Waals surface area (Å²) in [6.45, 7) is 4.58. The smallest absolute Gasteiger partial charge is 0.293 e. The molecule has 0 fully saturated rings. The van der Waals surface area contributed by atoms with Crippen molar-refractivity contribution in [2.45, 2.75) is 26.9 Å². The molecule has 0 bridgehead atoms. The first-order valence-corrected chi connectivity index (χ1v) is 5.28. The Morgan fingerprint density at radius 1 is 1.19 bits per heavy atom. The number of hydrogen-bond acceptors (Lipinski definition) is 3. The van der Waals surface area contributed by atoms with E-state index in [4.69, 9.17) is 0 Å². The molecule has 2 heterocycles. The van der Waals surface area contributed by atoms with Crippen molar-refractivity contribution in [2.75, 3.05) is 0 Å². The Morgan fingerprint density at radius 2 is 1.88 bits per heavy atom. The highest BCUT2D eigenvalue weighted by Crippen LogP contribution is 2.04. The van der Waals surface area contributed by atoms with E-state index in [2.05, 4.69) is 4.98 Å². The molecule has 5 nitrogen and oxygen atoms in total. The minimum atomic E-state index is -0.264. The quantitative estimate of drug-likeness (QED) is 0.743. The van der Waals surface area contributed by atoms with Crippen molar-refractivity contribution in [2.24, 2.45) is 0 Å². The van der Waals surface area contributed by atoms with Crippen molar-refractivity contribution in [1.82, 2.24) is 14.1 Å². The number of nitrogens with zero attached hydrogens (tertiary/aromatic N) is 3. The van der Waals surface area contributed by atoms with E-state index in [-0.39, 0.29) is 11.2 Å². The third kappa shape index (κ3) is 1.36. The minimum absolute atomic E-state index is 0.256. The minimum Gasteiger partial charge on any atom is -0.293 e. The van der Waals surface area contributed by atoms with E-state index in [0.717, 1.165) is 0 Å². The Morgan fingerprint density at radius 3 is 2.50 bits per heavy atom. The van der Waals surface area contributed by atoms with E-state index in [1.807, 2.05) is 6.92 Å². The zero-order chi connectivity index (χ0) is 11.7. The molecule has 2 rings (SSSR count). The van der Waals surface area contributed by atoms with Gasteiger partial charge >= 0.3 is 5.69 Å². The highest BCUT2D eigenvalue weighted by molar-refractivity contribution is 5.76. The first-order chi connectivity index (χ1) is 7.70. The molecule has 0 aliphatic rings. The lowest BCUT2D eigenvalue weighted by Crippen LogP contribution is -2.39. The van der Waals surface area contributed by atoms with Crippen LogP contribution in [0.4, 0.5) is 0 Å². The molecule has 0 unspecified atom stereocenters. The number of rotatable bonds is 2. The van der Waals surface area contributed by atoms with Gasteiger partial charge in [-0.25, -0.2) is 4.79 Å². The molecule has 0 aliphatic carbocycles. The molecule has 0 aromatic carbocycles. The van der Waals surface area contributed by atoms with Gasteiger partial charge < -0.3 is 0 Å². The number of fused-ring (bicyclic) bond motifs is 1. The first kappa shape index (κ1) is 10.6. The second kappa shape index (κ2) is 3.92. The molecule has 0 aliphatic heterocycles. The van der Waals surface area contributed by atoms with Gasteiger partial charge in [-0.2, -0.15) is 0 Å². The maximum atomic E-state index is 12.0. The first-order valence-electron chi connectivity index (χ1n) is 5.28. The molecular weight excluding hydrogens is 206 g/mol. The van der Waals surface area contributed by atoms with Crippen LogP contribution in [-0.2, 0) is 13.1 Å². The fourth-order valence-corrected chi connectivity index (χ4v) is 1.85. The summed E-state index contributed by atoms with van der Waals surface area (Å²) in [5, 5.41) is 0.491. The Hall–Kier alpha value is -1.91. The third-order valence-corrected chi connectivity index (χ3v) is 2.66. The van der Waals surface area contributed by atoms with Gasteiger partial charge in [0.1, 0.15) is 0 Å². The van der Waals surface area contributed by atoms with Crippen molar-refractivity contribution >= 4 is 10.9 Å². The van der Waals surface area contributed by atoms with Gasteiger partial charge in [0.2, 0.25) is 0 Å². The van der Waals surface area contributed by atoms with Gasteiger partial charge in [0, 0.05) is 25.5 Å². The summed E-state index contributed by atoms with van der Waals surface area (Å²) in [5.41, 5.74) is 0.131. The lowest BCUT2D eigenvalue weighted by molar-refractivity contribution is 0.608. The number of pyridine rings is 1. The third-order valence-electron chi connectivity index (χ3n) is 2.66. The highest BCUT2D eigenvalue weighted by Gasteiger charge is 2.10. The Labute approximate surface area is 92.0 Å². The lowest BCUT2D eigenvalue weighted by Gasteiger charge is -2.10. The van der Waals surface area contributed by atoms with Crippen LogP contribution in [-0.4, -0.2) is 14.1 Å². The van der Waals surface area contributed by atoms with Gasteiger partial charge in [-0.05, 0) is 19.9 Å². The largest absolute Gasteiger partial charge is 0.331 e. The van der Waals surface area contributed by atoms with Gasteiger partial charge in [0.15, 0.2) is 0 Å². The molecular formula is C11H13N3O2. The average molecular weight is 219 g/mol. The molecule has 0 spiro atoms. The molecule has 0 radical (unpaired) electrons. The Bertz CT molecular complexity index is 640. The highest BCUT2D eigenvalue weighted by atomic mass is 16.2. The summed E-state index contributed by atoms with van der Waals surface area (Å²) >= 11 is 0. The van der Waals surface area contributed by atoms with E-state index >= 15 is 0 Å². The van der Waals surface area contributed by atoms with Crippen LogP contribution in [0.1, 0.15) is 13.8 Å². The number of aryl methyl sites for hydroxylation is 1. The lowest BCUT2D eigenvalue weighted by atomic mass is 10.3. The topological polar surface area (TPSA) is 56.9 Å². The van der Waals surface area contributed by atoms with E-state index in [1.165, 1.54) is 10.8 Å². The van der Waals surface area contributed by atoms with E-state index in [0.29, 0.717) is 24.0 Å². The summed E-state index contributed by atoms with van der Waals surface area (Å²) in [7, 11) is 0. The second-order valence-corrected chi connectivity index (χ2v) is 3.47. The number of aromatic nitrogens is 3. The van der Waals surface area contributed by atoms with Gasteiger partial charge in [-0.3, -0.25) is 18.9 Å². The zero-order valence-electron chi connectivity index (χ0n) is 9.30. The van der Waals surface area contributed by atoms with Crippen LogP contribution >= 0.6 is 0 Å². The van der Waals surface area contributed by atoms with Crippen molar-refractivity contribution in [3.8, 4) is 0 Å². The molecule has 5 heteroatoms.